The fourth-order valence-corrected chi connectivity index (χ4v) is 9.83. The highest BCUT2D eigenvalue weighted by atomic mass is 32.1. The van der Waals surface area contributed by atoms with E-state index in [4.69, 9.17) is 0 Å². The number of rotatable bonds is 1. The SMILES string of the molecule is C=C1C2c3cc(-c4ccsc4)ccc3[Si](C)(C)C1C2C. The lowest BCUT2D eigenvalue weighted by atomic mass is 9.66. The van der Waals surface area contributed by atoms with Crippen molar-refractivity contribution < 1.29 is 0 Å². The smallest absolute Gasteiger partial charge is 0.0883 e. The minimum Gasteiger partial charge on any atom is -0.152 e. The molecule has 0 radical (unpaired) electrons. The van der Waals surface area contributed by atoms with Gasteiger partial charge in [0.1, 0.15) is 0 Å². The molecule has 3 unspecified atom stereocenters. The molecule has 1 aliphatic carbocycles. The minimum absolute atomic E-state index is 0.620. The Morgan fingerprint density at radius 3 is 2.60 bits per heavy atom. The molecule has 0 amide bonds. The molecule has 2 aromatic rings. The highest BCUT2D eigenvalue weighted by Gasteiger charge is 2.56. The largest absolute Gasteiger partial charge is 0.152 e. The molecule has 1 saturated carbocycles. The van der Waals surface area contributed by atoms with Gasteiger partial charge < -0.3 is 0 Å². The summed E-state index contributed by atoms with van der Waals surface area (Å²) in [5.41, 5.74) is 6.64. The van der Waals surface area contributed by atoms with Crippen LogP contribution in [0, 0.1) is 5.92 Å². The van der Waals surface area contributed by atoms with Crippen LogP contribution in [0.3, 0.4) is 0 Å². The summed E-state index contributed by atoms with van der Waals surface area (Å²) in [5.74, 6) is 1.42. The zero-order chi connectivity index (χ0) is 14.1. The van der Waals surface area contributed by atoms with Gasteiger partial charge in [0.15, 0.2) is 0 Å². The average Bonchev–Trinajstić information content (AvgIpc) is 2.91. The van der Waals surface area contributed by atoms with Gasteiger partial charge in [0.05, 0.1) is 8.07 Å². The van der Waals surface area contributed by atoms with Gasteiger partial charge in [-0.15, -0.1) is 0 Å². The summed E-state index contributed by atoms with van der Waals surface area (Å²) >= 11 is 1.77. The first-order valence-corrected chi connectivity index (χ1v) is 11.4. The van der Waals surface area contributed by atoms with Crippen molar-refractivity contribution in [3.8, 4) is 11.1 Å². The van der Waals surface area contributed by atoms with Crippen LogP contribution in [0.25, 0.3) is 11.1 Å². The lowest BCUT2D eigenvalue weighted by Crippen LogP contribution is -2.61. The lowest BCUT2D eigenvalue weighted by molar-refractivity contribution is 0.375. The third-order valence-corrected chi connectivity index (χ3v) is 10.5. The topological polar surface area (TPSA) is 0 Å². The Morgan fingerprint density at radius 2 is 1.95 bits per heavy atom. The molecular weight excluding hydrogens is 276 g/mol. The van der Waals surface area contributed by atoms with Crippen LogP contribution in [0.15, 0.2) is 47.2 Å². The summed E-state index contributed by atoms with van der Waals surface area (Å²) in [7, 11) is -1.38. The van der Waals surface area contributed by atoms with Gasteiger partial charge in [-0.2, -0.15) is 11.3 Å². The highest BCUT2D eigenvalue weighted by molar-refractivity contribution is 7.08. The first-order chi connectivity index (χ1) is 9.51. The molecule has 1 aromatic heterocycles. The molecule has 2 aliphatic heterocycles. The molecule has 2 heteroatoms. The van der Waals surface area contributed by atoms with E-state index in [1.807, 2.05) is 0 Å². The predicted octanol–water partition coefficient (Wildman–Crippen LogP) is 5.00. The van der Waals surface area contributed by atoms with E-state index in [9.17, 15) is 0 Å². The quantitative estimate of drug-likeness (QED) is 0.513. The first kappa shape index (κ1) is 12.6. The molecule has 0 nitrogen and oxygen atoms in total. The van der Waals surface area contributed by atoms with Gasteiger partial charge in [-0.1, -0.05) is 55.6 Å². The summed E-state index contributed by atoms with van der Waals surface area (Å²) in [4.78, 5) is 0. The minimum atomic E-state index is -1.38. The maximum Gasteiger partial charge on any atom is 0.0883 e. The van der Waals surface area contributed by atoms with Crippen LogP contribution in [0.5, 0.6) is 0 Å². The van der Waals surface area contributed by atoms with Gasteiger partial charge in [-0.25, -0.2) is 0 Å². The number of benzene rings is 1. The summed E-state index contributed by atoms with van der Waals surface area (Å²) in [6, 6.07) is 9.42. The van der Waals surface area contributed by atoms with Crippen LogP contribution in [0.1, 0.15) is 18.4 Å². The Balaban J connectivity index is 1.92. The number of hydrogen-bond donors (Lipinski definition) is 0. The zero-order valence-corrected chi connectivity index (χ0v) is 14.1. The normalized spacial score (nSPS) is 29.8. The van der Waals surface area contributed by atoms with E-state index in [0.29, 0.717) is 5.92 Å². The number of allylic oxidation sites excluding steroid dienone is 1. The average molecular weight is 297 g/mol. The fraction of sp³-hybridized carbons (Fsp3) is 0.333. The van der Waals surface area contributed by atoms with E-state index in [0.717, 1.165) is 11.5 Å². The van der Waals surface area contributed by atoms with Crippen LogP contribution >= 0.6 is 11.3 Å². The Labute approximate surface area is 126 Å². The molecule has 3 aliphatic rings. The molecule has 0 saturated heterocycles. The number of thiophene rings is 1. The summed E-state index contributed by atoms with van der Waals surface area (Å²) < 4.78 is 0. The Hall–Kier alpha value is -1.12. The van der Waals surface area contributed by atoms with E-state index in [2.05, 4.69) is 61.6 Å². The number of hydrogen-bond acceptors (Lipinski definition) is 1. The van der Waals surface area contributed by atoms with E-state index < -0.39 is 8.07 Å². The van der Waals surface area contributed by atoms with Gasteiger partial charge in [-0.3, -0.25) is 0 Å². The van der Waals surface area contributed by atoms with Crippen molar-refractivity contribution in [1.82, 2.24) is 0 Å². The highest BCUT2D eigenvalue weighted by Crippen LogP contribution is 2.62. The predicted molar refractivity (Wildman–Crippen MR) is 91.7 cm³/mol. The third kappa shape index (κ3) is 1.41. The maximum atomic E-state index is 4.42. The van der Waals surface area contributed by atoms with Gasteiger partial charge in [0.2, 0.25) is 0 Å². The monoisotopic (exact) mass is 296 g/mol. The Morgan fingerprint density at radius 1 is 1.15 bits per heavy atom. The van der Waals surface area contributed by atoms with E-state index in [-0.39, 0.29) is 0 Å². The lowest BCUT2D eigenvalue weighted by Gasteiger charge is -2.58. The molecule has 3 atom stereocenters. The molecule has 0 spiro atoms. The van der Waals surface area contributed by atoms with Crippen molar-refractivity contribution >= 4 is 24.6 Å². The van der Waals surface area contributed by atoms with Crippen LogP contribution in [0.4, 0.5) is 0 Å². The van der Waals surface area contributed by atoms with Gasteiger partial charge in [0.25, 0.3) is 0 Å². The third-order valence-electron chi connectivity index (χ3n) is 5.56. The summed E-state index contributed by atoms with van der Waals surface area (Å²) in [6.45, 7) is 11.9. The Kier molecular flexibility index (Phi) is 2.49. The fourth-order valence-electron chi connectivity index (χ4n) is 4.73. The molecule has 3 heterocycles. The van der Waals surface area contributed by atoms with Crippen molar-refractivity contribution in [3.63, 3.8) is 0 Å². The molecular formula is C18H20SSi. The van der Waals surface area contributed by atoms with Gasteiger partial charge >= 0.3 is 0 Å². The second kappa shape index (κ2) is 3.96. The molecule has 1 aromatic carbocycles. The second-order valence-electron chi connectivity index (χ2n) is 6.93. The van der Waals surface area contributed by atoms with Crippen LogP contribution < -0.4 is 5.19 Å². The molecule has 2 bridgehead atoms. The molecule has 1 fully saturated rings. The van der Waals surface area contributed by atoms with Crippen LogP contribution in [-0.2, 0) is 0 Å². The first-order valence-electron chi connectivity index (χ1n) is 7.37. The maximum absolute atomic E-state index is 4.42. The standard InChI is InChI=1S/C18H20SSi/c1-11-17-12(2)18(11)20(3,4)16-6-5-13(9-15(16)17)14-7-8-19-10-14/h5-10,12,17-18H,1H2,2-4H3. The van der Waals surface area contributed by atoms with Gasteiger partial charge in [0, 0.05) is 5.92 Å². The molecule has 0 N–H and O–H groups in total. The van der Waals surface area contributed by atoms with Crippen molar-refractivity contribution in [2.45, 2.75) is 31.5 Å². The Bertz CT molecular complexity index is 696. The van der Waals surface area contributed by atoms with Gasteiger partial charge in [-0.05, 0) is 45.0 Å². The zero-order valence-electron chi connectivity index (χ0n) is 12.3. The van der Waals surface area contributed by atoms with E-state index in [1.54, 1.807) is 22.1 Å². The van der Waals surface area contributed by atoms with Crippen molar-refractivity contribution in [3.05, 3.63) is 52.7 Å². The summed E-state index contributed by atoms with van der Waals surface area (Å²) in [6.07, 6.45) is 0. The van der Waals surface area contributed by atoms with Crippen molar-refractivity contribution in [2.24, 2.45) is 5.92 Å². The molecule has 102 valence electrons. The van der Waals surface area contributed by atoms with E-state index >= 15 is 0 Å². The van der Waals surface area contributed by atoms with Crippen LogP contribution in [0.2, 0.25) is 18.6 Å². The molecule has 20 heavy (non-hydrogen) atoms. The molecule has 5 rings (SSSR count). The second-order valence-corrected chi connectivity index (χ2v) is 12.3. The van der Waals surface area contributed by atoms with E-state index in [1.165, 1.54) is 16.7 Å². The van der Waals surface area contributed by atoms with Crippen molar-refractivity contribution in [2.75, 3.05) is 0 Å². The summed E-state index contributed by atoms with van der Waals surface area (Å²) in [5, 5.41) is 6.08. The van der Waals surface area contributed by atoms with Crippen LogP contribution in [-0.4, -0.2) is 8.07 Å². The van der Waals surface area contributed by atoms with Crippen molar-refractivity contribution in [1.29, 1.82) is 0 Å².